The number of aliphatic hydroxyl groups excluding tert-OH is 1. The lowest BCUT2D eigenvalue weighted by molar-refractivity contribution is -0.132. The minimum absolute atomic E-state index is 0.0956. The average molecular weight is 337 g/mol. The van der Waals surface area contributed by atoms with Gasteiger partial charge in [0.05, 0.1) is 25.5 Å². The molecule has 0 radical (unpaired) electrons. The van der Waals surface area contributed by atoms with Crippen LogP contribution in [0.25, 0.3) is 0 Å². The fraction of sp³-hybridized carbons (Fsp3) is 0.722. The van der Waals surface area contributed by atoms with Crippen LogP contribution in [0.15, 0.2) is 22.8 Å². The third-order valence-corrected chi connectivity index (χ3v) is 4.65. The van der Waals surface area contributed by atoms with Gasteiger partial charge in [0.2, 0.25) is 5.91 Å². The molecule has 24 heavy (non-hydrogen) atoms. The Kier molecular flexibility index (Phi) is 6.43. The molecule has 136 valence electrons. The van der Waals surface area contributed by atoms with Crippen LogP contribution < -0.4 is 0 Å². The highest BCUT2D eigenvalue weighted by Gasteiger charge is 2.27. The second kappa shape index (κ2) is 8.14. The Morgan fingerprint density at radius 3 is 2.46 bits per heavy atom. The van der Waals surface area contributed by atoms with Gasteiger partial charge in [-0.1, -0.05) is 20.8 Å². The molecule has 1 aliphatic rings. The molecular formula is C18H31N3O3. The predicted octanol–water partition coefficient (Wildman–Crippen LogP) is 1.26. The zero-order valence-electron chi connectivity index (χ0n) is 15.4. The number of aliphatic hydroxyl groups is 1. The fourth-order valence-corrected chi connectivity index (χ4v) is 2.68. The van der Waals surface area contributed by atoms with Crippen molar-refractivity contribution in [1.29, 1.82) is 0 Å². The van der Waals surface area contributed by atoms with E-state index in [1.165, 1.54) is 0 Å². The van der Waals surface area contributed by atoms with E-state index in [0.717, 1.165) is 31.9 Å². The first kappa shape index (κ1) is 19.0. The summed E-state index contributed by atoms with van der Waals surface area (Å²) in [6.45, 7) is 11.3. The number of piperazine rings is 1. The van der Waals surface area contributed by atoms with E-state index in [0.29, 0.717) is 19.6 Å². The summed E-state index contributed by atoms with van der Waals surface area (Å²) in [5.41, 5.74) is -0.0956. The molecule has 1 N–H and O–H groups in total. The highest BCUT2D eigenvalue weighted by molar-refractivity contribution is 5.77. The number of likely N-dealkylation sites (N-methyl/N-ethyl adjacent to an activating group) is 1. The molecule has 0 spiro atoms. The lowest BCUT2D eigenvalue weighted by Crippen LogP contribution is -2.52. The van der Waals surface area contributed by atoms with Crippen molar-refractivity contribution in [3.05, 3.63) is 24.2 Å². The summed E-state index contributed by atoms with van der Waals surface area (Å²) >= 11 is 0. The topological polar surface area (TPSA) is 60.2 Å². The normalized spacial score (nSPS) is 18.5. The standard InChI is InChI=1S/C18H31N3O3/c1-18(2,3)16(22)13-20-7-9-21(10-8-20)14-17(23)19(4)12-15-6-5-11-24-15/h5-6,11,16,22H,7-10,12-14H2,1-4H3. The number of amides is 1. The Labute approximate surface area is 145 Å². The second-order valence-corrected chi connectivity index (χ2v) is 7.79. The molecule has 1 aromatic rings. The van der Waals surface area contributed by atoms with Gasteiger partial charge in [-0.05, 0) is 17.5 Å². The molecule has 6 heteroatoms. The fourth-order valence-electron chi connectivity index (χ4n) is 2.68. The van der Waals surface area contributed by atoms with Crippen LogP contribution in [0.1, 0.15) is 26.5 Å². The predicted molar refractivity (Wildman–Crippen MR) is 93.5 cm³/mol. The molecule has 0 aliphatic carbocycles. The van der Waals surface area contributed by atoms with Gasteiger partial charge >= 0.3 is 0 Å². The van der Waals surface area contributed by atoms with E-state index in [1.54, 1.807) is 18.2 Å². The van der Waals surface area contributed by atoms with Crippen LogP contribution in [0, 0.1) is 5.41 Å². The Hall–Kier alpha value is -1.37. The van der Waals surface area contributed by atoms with E-state index in [2.05, 4.69) is 30.6 Å². The summed E-state index contributed by atoms with van der Waals surface area (Å²) < 4.78 is 5.28. The SMILES string of the molecule is CN(Cc1ccco1)C(=O)CN1CCN(CC(O)C(C)(C)C)CC1. The molecule has 1 fully saturated rings. The average Bonchev–Trinajstić information content (AvgIpc) is 3.01. The lowest BCUT2D eigenvalue weighted by atomic mass is 9.89. The van der Waals surface area contributed by atoms with Gasteiger partial charge in [-0.2, -0.15) is 0 Å². The molecule has 1 aromatic heterocycles. The zero-order chi connectivity index (χ0) is 17.7. The Balaban J connectivity index is 1.71. The largest absolute Gasteiger partial charge is 0.467 e. The smallest absolute Gasteiger partial charge is 0.236 e. The Morgan fingerprint density at radius 2 is 1.92 bits per heavy atom. The van der Waals surface area contributed by atoms with Crippen molar-refractivity contribution in [3.8, 4) is 0 Å². The molecule has 6 nitrogen and oxygen atoms in total. The molecule has 0 bridgehead atoms. The van der Waals surface area contributed by atoms with E-state index in [9.17, 15) is 9.90 Å². The van der Waals surface area contributed by atoms with E-state index in [4.69, 9.17) is 4.42 Å². The van der Waals surface area contributed by atoms with Crippen molar-refractivity contribution in [1.82, 2.24) is 14.7 Å². The Morgan fingerprint density at radius 1 is 1.29 bits per heavy atom. The summed E-state index contributed by atoms with van der Waals surface area (Å²) in [5.74, 6) is 0.904. The number of furan rings is 1. The van der Waals surface area contributed by atoms with Crippen molar-refractivity contribution in [3.63, 3.8) is 0 Å². The maximum absolute atomic E-state index is 12.3. The molecule has 0 aromatic carbocycles. The van der Waals surface area contributed by atoms with E-state index >= 15 is 0 Å². The number of carbonyl (C=O) groups is 1. The minimum atomic E-state index is -0.329. The molecule has 1 unspecified atom stereocenters. The van der Waals surface area contributed by atoms with E-state index < -0.39 is 0 Å². The van der Waals surface area contributed by atoms with Crippen LogP contribution in [0.5, 0.6) is 0 Å². The molecule has 1 aliphatic heterocycles. The third kappa shape index (κ3) is 5.61. The number of carbonyl (C=O) groups excluding carboxylic acids is 1. The summed E-state index contributed by atoms with van der Waals surface area (Å²) in [5, 5.41) is 10.2. The van der Waals surface area contributed by atoms with E-state index in [1.807, 2.05) is 12.1 Å². The number of nitrogens with zero attached hydrogens (tertiary/aromatic N) is 3. The van der Waals surface area contributed by atoms with Crippen LogP contribution in [0.2, 0.25) is 0 Å². The van der Waals surface area contributed by atoms with Gasteiger partial charge in [-0.25, -0.2) is 0 Å². The van der Waals surface area contributed by atoms with E-state index in [-0.39, 0.29) is 17.4 Å². The first-order valence-electron chi connectivity index (χ1n) is 8.65. The first-order chi connectivity index (χ1) is 11.3. The number of rotatable bonds is 6. The molecular weight excluding hydrogens is 306 g/mol. The molecule has 2 heterocycles. The van der Waals surface area contributed by atoms with Crippen molar-refractivity contribution >= 4 is 5.91 Å². The number of hydrogen-bond acceptors (Lipinski definition) is 5. The maximum atomic E-state index is 12.3. The van der Waals surface area contributed by atoms with Crippen molar-refractivity contribution in [2.75, 3.05) is 46.3 Å². The van der Waals surface area contributed by atoms with Crippen LogP contribution >= 0.6 is 0 Å². The van der Waals surface area contributed by atoms with Crippen molar-refractivity contribution in [2.24, 2.45) is 5.41 Å². The van der Waals surface area contributed by atoms with Gasteiger partial charge in [0, 0.05) is 39.8 Å². The molecule has 1 atom stereocenters. The summed E-state index contributed by atoms with van der Waals surface area (Å²) in [6.07, 6.45) is 1.30. The second-order valence-electron chi connectivity index (χ2n) is 7.79. The van der Waals surface area contributed by atoms with Gasteiger partial charge in [-0.3, -0.25) is 14.6 Å². The van der Waals surface area contributed by atoms with Crippen LogP contribution in [-0.4, -0.2) is 78.1 Å². The zero-order valence-corrected chi connectivity index (χ0v) is 15.4. The molecule has 0 saturated carbocycles. The van der Waals surface area contributed by atoms with Gasteiger partial charge in [0.15, 0.2) is 0 Å². The third-order valence-electron chi connectivity index (χ3n) is 4.65. The quantitative estimate of drug-likeness (QED) is 0.847. The highest BCUT2D eigenvalue weighted by Crippen LogP contribution is 2.20. The Bertz CT molecular complexity index is 502. The van der Waals surface area contributed by atoms with Gasteiger partial charge < -0.3 is 14.4 Å². The van der Waals surface area contributed by atoms with Crippen LogP contribution in [0.4, 0.5) is 0 Å². The summed E-state index contributed by atoms with van der Waals surface area (Å²) in [6, 6.07) is 3.71. The van der Waals surface area contributed by atoms with Crippen molar-refractivity contribution < 1.29 is 14.3 Å². The van der Waals surface area contributed by atoms with Crippen LogP contribution in [-0.2, 0) is 11.3 Å². The van der Waals surface area contributed by atoms with Gasteiger partial charge in [0.25, 0.3) is 0 Å². The molecule has 1 saturated heterocycles. The van der Waals surface area contributed by atoms with Crippen molar-refractivity contribution in [2.45, 2.75) is 33.4 Å². The van der Waals surface area contributed by atoms with Crippen LogP contribution in [0.3, 0.4) is 0 Å². The highest BCUT2D eigenvalue weighted by atomic mass is 16.3. The van der Waals surface area contributed by atoms with Gasteiger partial charge in [-0.15, -0.1) is 0 Å². The van der Waals surface area contributed by atoms with Gasteiger partial charge in [0.1, 0.15) is 5.76 Å². The molecule has 2 rings (SSSR count). The first-order valence-corrected chi connectivity index (χ1v) is 8.65. The summed E-state index contributed by atoms with van der Waals surface area (Å²) in [4.78, 5) is 18.5. The number of β-amino-alcohol motifs (C(OH)–C–C–N with tert-alkyl or cyclic N) is 1. The minimum Gasteiger partial charge on any atom is -0.467 e. The number of hydrogen-bond donors (Lipinski definition) is 1. The monoisotopic (exact) mass is 337 g/mol. The molecule has 1 amide bonds. The maximum Gasteiger partial charge on any atom is 0.236 e. The lowest BCUT2D eigenvalue weighted by Gasteiger charge is -2.38. The summed E-state index contributed by atoms with van der Waals surface area (Å²) in [7, 11) is 1.81.